The monoisotopic (exact) mass is 394 g/mol. The highest BCUT2D eigenvalue weighted by Crippen LogP contribution is 2.15. The summed E-state index contributed by atoms with van der Waals surface area (Å²) in [4.78, 5) is 19.7. The number of para-hydroxylation sites is 1. The molecule has 0 aliphatic carbocycles. The van der Waals surface area contributed by atoms with Crippen molar-refractivity contribution in [2.45, 2.75) is 25.4 Å². The number of carbonyl (C=O) groups is 1. The first-order chi connectivity index (χ1) is 13.5. The summed E-state index contributed by atoms with van der Waals surface area (Å²) in [6.07, 6.45) is 3.41. The molecule has 1 atom stereocenters. The third-order valence-corrected chi connectivity index (χ3v) is 4.51. The Balaban J connectivity index is 1.90. The van der Waals surface area contributed by atoms with Gasteiger partial charge in [-0.1, -0.05) is 12.1 Å². The Morgan fingerprint density at radius 3 is 2.79 bits per heavy atom. The zero-order valence-electron chi connectivity index (χ0n) is 17.0. The van der Waals surface area contributed by atoms with Crippen LogP contribution in [0.15, 0.2) is 29.3 Å². The summed E-state index contributed by atoms with van der Waals surface area (Å²) < 4.78 is 24.9. The van der Waals surface area contributed by atoms with Crippen molar-refractivity contribution in [3.63, 3.8) is 0 Å². The van der Waals surface area contributed by atoms with Crippen LogP contribution in [0.25, 0.3) is 0 Å². The number of hydrogen-bond donors (Lipinski definition) is 1. The summed E-state index contributed by atoms with van der Waals surface area (Å²) in [7, 11) is 5.26. The van der Waals surface area contributed by atoms with Crippen LogP contribution >= 0.6 is 0 Å². The van der Waals surface area contributed by atoms with E-state index < -0.39 is 0 Å². The molecule has 1 aromatic rings. The maximum absolute atomic E-state index is 13.7. The lowest BCUT2D eigenvalue weighted by Crippen LogP contribution is -2.45. The van der Waals surface area contributed by atoms with Gasteiger partial charge in [0, 0.05) is 34.3 Å². The Kier molecular flexibility index (Phi) is 9.00. The lowest BCUT2D eigenvalue weighted by atomic mass is 10.1. The zero-order chi connectivity index (χ0) is 20.4. The normalized spacial score (nSPS) is 17.1. The lowest BCUT2D eigenvalue weighted by Gasteiger charge is -2.27. The molecule has 1 aromatic carbocycles. The second-order valence-electron chi connectivity index (χ2n) is 7.00. The van der Waals surface area contributed by atoms with E-state index in [1.807, 2.05) is 11.9 Å². The van der Waals surface area contributed by atoms with Gasteiger partial charge >= 0.3 is 0 Å². The van der Waals surface area contributed by atoms with Gasteiger partial charge in [0.05, 0.1) is 12.6 Å². The second-order valence-corrected chi connectivity index (χ2v) is 7.00. The van der Waals surface area contributed by atoms with Crippen molar-refractivity contribution in [1.82, 2.24) is 15.1 Å². The highest BCUT2D eigenvalue weighted by molar-refractivity contribution is 5.84. The molecule has 0 aromatic heterocycles. The number of benzene rings is 1. The van der Waals surface area contributed by atoms with Crippen molar-refractivity contribution in [2.75, 3.05) is 54.0 Å². The van der Waals surface area contributed by atoms with E-state index in [2.05, 4.69) is 10.3 Å². The van der Waals surface area contributed by atoms with E-state index in [1.165, 1.54) is 11.0 Å². The molecule has 0 bridgehead atoms. The van der Waals surface area contributed by atoms with Gasteiger partial charge in [0.25, 0.3) is 0 Å². The minimum absolute atomic E-state index is 0.0549. The molecule has 28 heavy (non-hydrogen) atoms. The van der Waals surface area contributed by atoms with Crippen LogP contribution in [-0.4, -0.2) is 81.8 Å². The molecule has 2 rings (SSSR count). The number of guanidine groups is 1. The molecule has 1 unspecified atom stereocenters. The number of hydrogen-bond acceptors (Lipinski definition) is 4. The van der Waals surface area contributed by atoms with Gasteiger partial charge in [-0.2, -0.15) is 0 Å². The fourth-order valence-corrected chi connectivity index (χ4v) is 2.73. The smallest absolute Gasteiger partial charge is 0.243 e. The summed E-state index contributed by atoms with van der Waals surface area (Å²) in [5.74, 6) is 0.356. The van der Waals surface area contributed by atoms with E-state index in [-0.39, 0.29) is 30.1 Å². The quantitative estimate of drug-likeness (QED) is 0.537. The molecule has 0 radical (unpaired) electrons. The first kappa shape index (κ1) is 21.9. The summed E-state index contributed by atoms with van der Waals surface area (Å²) in [5.41, 5.74) is 0. The summed E-state index contributed by atoms with van der Waals surface area (Å²) in [6, 6.07) is 6.31. The standard InChI is InChI=1S/C20H31FN4O3/c1-24(2)19(26)15-23-20(22-14-16-8-6-7-12-27-16)25(3)11-13-28-18-10-5-4-9-17(18)21/h4-5,9-10,16H,6-8,11-15H2,1-3H3,(H,22,23). The second kappa shape index (κ2) is 11.5. The van der Waals surface area contributed by atoms with Crippen molar-refractivity contribution in [3.8, 4) is 5.75 Å². The SMILES string of the molecule is CN(C)C(=O)CN=C(NCC1CCCCO1)N(C)CCOc1ccccc1F. The van der Waals surface area contributed by atoms with Crippen LogP contribution in [0.3, 0.4) is 0 Å². The predicted molar refractivity (Wildman–Crippen MR) is 107 cm³/mol. The topological polar surface area (TPSA) is 66.4 Å². The Bertz CT molecular complexity index is 648. The average Bonchev–Trinajstić information content (AvgIpc) is 2.69. The number of ether oxygens (including phenoxy) is 2. The third kappa shape index (κ3) is 7.34. The third-order valence-electron chi connectivity index (χ3n) is 4.51. The number of aliphatic imine (C=N–C) groups is 1. The van der Waals surface area contributed by atoms with Gasteiger partial charge < -0.3 is 24.6 Å². The molecule has 1 amide bonds. The first-order valence-electron chi connectivity index (χ1n) is 9.66. The molecular formula is C20H31FN4O3. The van der Waals surface area contributed by atoms with Crippen LogP contribution in [0.2, 0.25) is 0 Å². The van der Waals surface area contributed by atoms with Crippen LogP contribution in [0.1, 0.15) is 19.3 Å². The molecule has 1 aliphatic rings. The van der Waals surface area contributed by atoms with Gasteiger partial charge in [-0.05, 0) is 31.4 Å². The van der Waals surface area contributed by atoms with Crippen molar-refractivity contribution >= 4 is 11.9 Å². The van der Waals surface area contributed by atoms with Crippen LogP contribution in [0.5, 0.6) is 5.75 Å². The van der Waals surface area contributed by atoms with Gasteiger partial charge in [-0.15, -0.1) is 0 Å². The fourth-order valence-electron chi connectivity index (χ4n) is 2.73. The van der Waals surface area contributed by atoms with Gasteiger partial charge in [-0.3, -0.25) is 4.79 Å². The minimum Gasteiger partial charge on any atom is -0.489 e. The molecule has 1 fully saturated rings. The molecule has 1 saturated heterocycles. The van der Waals surface area contributed by atoms with Crippen LogP contribution < -0.4 is 10.1 Å². The first-order valence-corrected chi connectivity index (χ1v) is 9.66. The lowest BCUT2D eigenvalue weighted by molar-refractivity contribution is -0.127. The molecule has 7 nitrogen and oxygen atoms in total. The van der Waals surface area contributed by atoms with Crippen molar-refractivity contribution < 1.29 is 18.7 Å². The average molecular weight is 394 g/mol. The van der Waals surface area contributed by atoms with E-state index in [9.17, 15) is 9.18 Å². The highest BCUT2D eigenvalue weighted by Gasteiger charge is 2.16. The van der Waals surface area contributed by atoms with E-state index in [1.54, 1.807) is 32.3 Å². The number of carbonyl (C=O) groups excluding carboxylic acids is 1. The number of likely N-dealkylation sites (N-methyl/N-ethyl adjacent to an activating group) is 2. The summed E-state index contributed by atoms with van der Waals surface area (Å²) >= 11 is 0. The Hall–Kier alpha value is -2.35. The number of halogens is 1. The molecule has 0 saturated carbocycles. The maximum atomic E-state index is 13.7. The Labute approximate surface area is 166 Å². The van der Waals surface area contributed by atoms with Crippen molar-refractivity contribution in [2.24, 2.45) is 4.99 Å². The molecule has 1 N–H and O–H groups in total. The number of nitrogens with one attached hydrogen (secondary N) is 1. The maximum Gasteiger partial charge on any atom is 0.243 e. The van der Waals surface area contributed by atoms with Gasteiger partial charge in [0.2, 0.25) is 5.91 Å². The van der Waals surface area contributed by atoms with E-state index >= 15 is 0 Å². The van der Waals surface area contributed by atoms with Gasteiger partial charge in [0.1, 0.15) is 13.2 Å². The van der Waals surface area contributed by atoms with Gasteiger partial charge in [-0.25, -0.2) is 9.38 Å². The highest BCUT2D eigenvalue weighted by atomic mass is 19.1. The zero-order valence-corrected chi connectivity index (χ0v) is 17.0. The minimum atomic E-state index is -0.386. The molecule has 8 heteroatoms. The van der Waals surface area contributed by atoms with E-state index in [0.717, 1.165) is 25.9 Å². The van der Waals surface area contributed by atoms with E-state index in [4.69, 9.17) is 9.47 Å². The summed E-state index contributed by atoms with van der Waals surface area (Å²) in [5, 5.41) is 3.29. The molecule has 1 aliphatic heterocycles. The molecule has 1 heterocycles. The summed E-state index contributed by atoms with van der Waals surface area (Å²) in [6.45, 7) is 2.25. The Morgan fingerprint density at radius 2 is 2.11 bits per heavy atom. The molecule has 156 valence electrons. The van der Waals surface area contributed by atoms with Crippen LogP contribution in [-0.2, 0) is 9.53 Å². The van der Waals surface area contributed by atoms with E-state index in [0.29, 0.717) is 25.7 Å². The molecule has 0 spiro atoms. The Morgan fingerprint density at radius 1 is 1.32 bits per heavy atom. The fraction of sp³-hybridized carbons (Fsp3) is 0.600. The molecular weight excluding hydrogens is 363 g/mol. The van der Waals surface area contributed by atoms with Crippen molar-refractivity contribution in [3.05, 3.63) is 30.1 Å². The number of amides is 1. The number of rotatable bonds is 8. The largest absolute Gasteiger partial charge is 0.489 e. The van der Waals surface area contributed by atoms with Crippen LogP contribution in [0.4, 0.5) is 4.39 Å². The number of nitrogens with zero attached hydrogens (tertiary/aromatic N) is 3. The van der Waals surface area contributed by atoms with Crippen LogP contribution in [0, 0.1) is 5.82 Å². The van der Waals surface area contributed by atoms with Crippen molar-refractivity contribution in [1.29, 1.82) is 0 Å². The van der Waals surface area contributed by atoms with Gasteiger partial charge in [0.15, 0.2) is 17.5 Å². The predicted octanol–water partition coefficient (Wildman–Crippen LogP) is 1.74.